The van der Waals surface area contributed by atoms with Gasteiger partial charge in [0.1, 0.15) is 5.82 Å². The van der Waals surface area contributed by atoms with Crippen molar-refractivity contribution in [2.45, 2.75) is 31.5 Å². The molecule has 0 saturated carbocycles. The van der Waals surface area contributed by atoms with Crippen molar-refractivity contribution in [3.8, 4) is 11.3 Å². The molecule has 0 amide bonds. The fraction of sp³-hybridized carbons (Fsp3) is 0.381. The summed E-state index contributed by atoms with van der Waals surface area (Å²) in [5.41, 5.74) is 1.04. The predicted octanol–water partition coefficient (Wildman–Crippen LogP) is 4.28. The standard InChI is InChI=1S/C21H22F3N5/c1-28-9-7-26-20(28)14-29-8-3-5-16(13-29)19-12-25-11-18(27-19)15-4-2-6-17(10-15)21(22,23)24/h2,4,6-7,9-12,16H,3,5,8,13-14H2,1H3/t16-/m0/s1. The second-order valence-electron chi connectivity index (χ2n) is 7.44. The van der Waals surface area contributed by atoms with Gasteiger partial charge < -0.3 is 4.57 Å². The van der Waals surface area contributed by atoms with E-state index in [2.05, 4.69) is 19.9 Å². The summed E-state index contributed by atoms with van der Waals surface area (Å²) in [6, 6.07) is 5.23. The number of alkyl halides is 3. The van der Waals surface area contributed by atoms with Crippen molar-refractivity contribution in [3.05, 3.63) is 66.1 Å². The van der Waals surface area contributed by atoms with Crippen molar-refractivity contribution in [2.24, 2.45) is 7.05 Å². The first-order valence-corrected chi connectivity index (χ1v) is 9.58. The normalized spacial score (nSPS) is 18.1. The Hall–Kier alpha value is -2.74. The largest absolute Gasteiger partial charge is 0.416 e. The molecule has 0 radical (unpaired) electrons. The molecule has 29 heavy (non-hydrogen) atoms. The molecular weight excluding hydrogens is 379 g/mol. The summed E-state index contributed by atoms with van der Waals surface area (Å²) in [6.07, 6.45) is 4.61. The predicted molar refractivity (Wildman–Crippen MR) is 103 cm³/mol. The molecule has 152 valence electrons. The first-order chi connectivity index (χ1) is 13.9. The SMILES string of the molecule is Cn1ccnc1CN1CCC[C@H](c2cncc(-c3cccc(C(F)(F)F)c3)n2)C1. The number of rotatable bonds is 4. The van der Waals surface area contributed by atoms with E-state index in [4.69, 9.17) is 0 Å². The van der Waals surface area contributed by atoms with E-state index < -0.39 is 11.7 Å². The fourth-order valence-corrected chi connectivity index (χ4v) is 3.76. The van der Waals surface area contributed by atoms with Crippen molar-refractivity contribution in [1.82, 2.24) is 24.4 Å². The molecule has 1 fully saturated rings. The summed E-state index contributed by atoms with van der Waals surface area (Å²) in [5, 5.41) is 0. The second kappa shape index (κ2) is 7.94. The number of hydrogen-bond acceptors (Lipinski definition) is 4. The van der Waals surface area contributed by atoms with Gasteiger partial charge in [-0.25, -0.2) is 9.97 Å². The molecule has 1 aliphatic rings. The van der Waals surface area contributed by atoms with E-state index in [9.17, 15) is 13.2 Å². The fourth-order valence-electron chi connectivity index (χ4n) is 3.76. The van der Waals surface area contributed by atoms with E-state index in [0.717, 1.165) is 56.1 Å². The van der Waals surface area contributed by atoms with E-state index in [1.54, 1.807) is 18.5 Å². The van der Waals surface area contributed by atoms with Crippen LogP contribution in [0.5, 0.6) is 0 Å². The number of imidazole rings is 1. The average Bonchev–Trinajstić information content (AvgIpc) is 3.12. The van der Waals surface area contributed by atoms with Crippen LogP contribution in [0.4, 0.5) is 13.2 Å². The molecule has 0 unspecified atom stereocenters. The first kappa shape index (κ1) is 19.6. The topological polar surface area (TPSA) is 46.8 Å². The van der Waals surface area contributed by atoms with Gasteiger partial charge in [-0.3, -0.25) is 9.88 Å². The van der Waals surface area contributed by atoms with Crippen molar-refractivity contribution < 1.29 is 13.2 Å². The van der Waals surface area contributed by atoms with Crippen LogP contribution in [0.1, 0.15) is 35.8 Å². The van der Waals surface area contributed by atoms with Crippen LogP contribution in [0.2, 0.25) is 0 Å². The van der Waals surface area contributed by atoms with E-state index in [1.807, 2.05) is 17.8 Å². The molecular formula is C21H22F3N5. The Morgan fingerprint density at radius 3 is 2.83 bits per heavy atom. The molecule has 0 bridgehead atoms. The maximum atomic E-state index is 13.0. The Labute approximate surface area is 167 Å². The second-order valence-corrected chi connectivity index (χ2v) is 7.44. The van der Waals surface area contributed by atoms with E-state index in [-0.39, 0.29) is 5.92 Å². The third-order valence-corrected chi connectivity index (χ3v) is 5.35. The maximum Gasteiger partial charge on any atom is 0.416 e. The lowest BCUT2D eigenvalue weighted by Gasteiger charge is -2.32. The number of likely N-dealkylation sites (tertiary alicyclic amines) is 1. The quantitative estimate of drug-likeness (QED) is 0.655. The highest BCUT2D eigenvalue weighted by atomic mass is 19.4. The molecule has 0 aliphatic carbocycles. The first-order valence-electron chi connectivity index (χ1n) is 9.58. The Balaban J connectivity index is 1.53. The highest BCUT2D eigenvalue weighted by molar-refractivity contribution is 5.59. The molecule has 0 spiro atoms. The van der Waals surface area contributed by atoms with Crippen LogP contribution >= 0.6 is 0 Å². The molecule has 3 aromatic rings. The minimum Gasteiger partial charge on any atom is -0.337 e. The summed E-state index contributed by atoms with van der Waals surface area (Å²) < 4.78 is 41.1. The van der Waals surface area contributed by atoms with Crippen LogP contribution in [0.3, 0.4) is 0 Å². The number of hydrogen-bond donors (Lipinski definition) is 0. The summed E-state index contributed by atoms with van der Waals surface area (Å²) in [7, 11) is 1.98. The van der Waals surface area contributed by atoms with Crippen molar-refractivity contribution >= 4 is 0 Å². The number of piperidine rings is 1. The summed E-state index contributed by atoms with van der Waals surface area (Å²) in [5.74, 6) is 1.21. The molecule has 1 saturated heterocycles. The van der Waals surface area contributed by atoms with Crippen molar-refractivity contribution in [1.29, 1.82) is 0 Å². The van der Waals surface area contributed by atoms with Crippen LogP contribution in [0, 0.1) is 0 Å². The van der Waals surface area contributed by atoms with Gasteiger partial charge in [0.25, 0.3) is 0 Å². The van der Waals surface area contributed by atoms with Gasteiger partial charge in [-0.05, 0) is 31.5 Å². The molecule has 1 atom stereocenters. The van der Waals surface area contributed by atoms with Crippen LogP contribution in [0.15, 0.2) is 49.1 Å². The van der Waals surface area contributed by atoms with Crippen molar-refractivity contribution in [3.63, 3.8) is 0 Å². The highest BCUT2D eigenvalue weighted by Crippen LogP contribution is 2.32. The Kier molecular flexibility index (Phi) is 5.36. The van der Waals surface area contributed by atoms with Gasteiger partial charge in [0.15, 0.2) is 0 Å². The van der Waals surface area contributed by atoms with Gasteiger partial charge >= 0.3 is 6.18 Å². The van der Waals surface area contributed by atoms with Gasteiger partial charge in [-0.2, -0.15) is 13.2 Å². The van der Waals surface area contributed by atoms with Crippen LogP contribution in [-0.4, -0.2) is 37.5 Å². The van der Waals surface area contributed by atoms with Gasteiger partial charge in [0.2, 0.25) is 0 Å². The lowest BCUT2D eigenvalue weighted by atomic mass is 9.94. The molecule has 0 N–H and O–H groups in total. The lowest BCUT2D eigenvalue weighted by Crippen LogP contribution is -2.35. The van der Waals surface area contributed by atoms with Crippen molar-refractivity contribution in [2.75, 3.05) is 13.1 Å². The molecule has 1 aliphatic heterocycles. The van der Waals surface area contributed by atoms with Gasteiger partial charge in [-0.1, -0.05) is 12.1 Å². The Morgan fingerprint density at radius 1 is 1.21 bits per heavy atom. The number of nitrogens with zero attached hydrogens (tertiary/aromatic N) is 5. The highest BCUT2D eigenvalue weighted by Gasteiger charge is 2.30. The lowest BCUT2D eigenvalue weighted by molar-refractivity contribution is -0.137. The third kappa shape index (κ3) is 4.48. The minimum atomic E-state index is -4.38. The van der Waals surface area contributed by atoms with Crippen LogP contribution in [-0.2, 0) is 19.8 Å². The molecule has 4 rings (SSSR count). The Bertz CT molecular complexity index is 982. The van der Waals surface area contributed by atoms with E-state index >= 15 is 0 Å². The van der Waals surface area contributed by atoms with E-state index in [0.29, 0.717) is 11.3 Å². The molecule has 3 heterocycles. The zero-order valence-corrected chi connectivity index (χ0v) is 16.1. The summed E-state index contributed by atoms with van der Waals surface area (Å²) in [6.45, 7) is 2.58. The zero-order chi connectivity index (χ0) is 20.4. The Morgan fingerprint density at radius 2 is 2.07 bits per heavy atom. The van der Waals surface area contributed by atoms with Gasteiger partial charge in [0.05, 0.1) is 29.7 Å². The molecule has 1 aromatic carbocycles. The third-order valence-electron chi connectivity index (χ3n) is 5.35. The smallest absolute Gasteiger partial charge is 0.337 e. The molecule has 2 aromatic heterocycles. The number of aromatic nitrogens is 4. The minimum absolute atomic E-state index is 0.197. The average molecular weight is 401 g/mol. The van der Waals surface area contributed by atoms with E-state index in [1.165, 1.54) is 12.3 Å². The number of benzene rings is 1. The maximum absolute atomic E-state index is 13.0. The molecule has 5 nitrogen and oxygen atoms in total. The summed E-state index contributed by atoms with van der Waals surface area (Å²) >= 11 is 0. The number of aryl methyl sites for hydroxylation is 1. The van der Waals surface area contributed by atoms with Crippen LogP contribution < -0.4 is 0 Å². The summed E-state index contributed by atoms with van der Waals surface area (Å²) in [4.78, 5) is 15.7. The molecule has 8 heteroatoms. The number of halogens is 3. The zero-order valence-electron chi connectivity index (χ0n) is 16.1. The van der Waals surface area contributed by atoms with Crippen LogP contribution in [0.25, 0.3) is 11.3 Å². The monoisotopic (exact) mass is 401 g/mol. The van der Waals surface area contributed by atoms with Gasteiger partial charge in [0, 0.05) is 43.7 Å². The van der Waals surface area contributed by atoms with Gasteiger partial charge in [-0.15, -0.1) is 0 Å².